The molecule has 2 aromatic carbocycles. The van der Waals surface area contributed by atoms with Crippen LogP contribution in [0.3, 0.4) is 0 Å². The van der Waals surface area contributed by atoms with Gasteiger partial charge in [0.25, 0.3) is 5.91 Å². The quantitative estimate of drug-likeness (QED) is 0.594. The molecule has 34 heavy (non-hydrogen) atoms. The first kappa shape index (κ1) is 22.8. The Morgan fingerprint density at radius 2 is 1.85 bits per heavy atom. The third-order valence-electron chi connectivity index (χ3n) is 5.93. The van der Waals surface area contributed by atoms with Gasteiger partial charge in [0.15, 0.2) is 5.75 Å². The summed E-state index contributed by atoms with van der Waals surface area (Å²) in [6.07, 6.45) is -2.28. The van der Waals surface area contributed by atoms with Gasteiger partial charge in [-0.2, -0.15) is 8.78 Å². The van der Waals surface area contributed by atoms with Crippen LogP contribution in [0.1, 0.15) is 21.5 Å². The molecule has 3 aromatic rings. The van der Waals surface area contributed by atoms with Crippen molar-refractivity contribution in [2.24, 2.45) is 0 Å². The van der Waals surface area contributed by atoms with Crippen molar-refractivity contribution in [3.8, 4) is 5.75 Å². The SMILES string of the molecule is O=C(NCc1ccc(Cl)cc1)c1cn2c3c(cc(CN4CCOCC4)cc3c1=O)OC(F)(F)C2. The molecular formula is C24H22ClF2N3O4. The lowest BCUT2D eigenvalue weighted by molar-refractivity contribution is -0.189. The van der Waals surface area contributed by atoms with Gasteiger partial charge in [-0.1, -0.05) is 23.7 Å². The normalized spacial score (nSPS) is 17.4. The van der Waals surface area contributed by atoms with E-state index in [2.05, 4.69) is 10.2 Å². The minimum atomic E-state index is -3.47. The molecule has 1 N–H and O–H groups in total. The maximum absolute atomic E-state index is 14.4. The average molecular weight is 490 g/mol. The van der Waals surface area contributed by atoms with E-state index in [4.69, 9.17) is 21.1 Å². The molecule has 10 heteroatoms. The van der Waals surface area contributed by atoms with Crippen LogP contribution < -0.4 is 15.5 Å². The molecule has 0 saturated carbocycles. The number of halogens is 3. The number of ether oxygens (including phenoxy) is 2. The smallest absolute Gasteiger partial charge is 0.416 e. The van der Waals surface area contributed by atoms with E-state index in [1.165, 1.54) is 10.8 Å². The van der Waals surface area contributed by atoms with Crippen LogP contribution in [0.5, 0.6) is 5.75 Å². The standard InChI is InChI=1S/C24H22ClF2N3O4/c25-17-3-1-15(2-4-17)11-28-23(32)19-13-30-14-24(26,27)34-20-10-16(9-18(21(20)30)22(19)31)12-29-5-7-33-8-6-29/h1-4,9-10,13H,5-8,11-12,14H2,(H,28,32). The van der Waals surface area contributed by atoms with Crippen molar-refractivity contribution < 1.29 is 23.0 Å². The number of morpholine rings is 1. The van der Waals surface area contributed by atoms with Crippen LogP contribution in [0.15, 0.2) is 47.4 Å². The van der Waals surface area contributed by atoms with Gasteiger partial charge in [-0.3, -0.25) is 14.5 Å². The lowest BCUT2D eigenvalue weighted by atomic mass is 10.0. The monoisotopic (exact) mass is 489 g/mol. The summed E-state index contributed by atoms with van der Waals surface area (Å²) in [5.74, 6) is -0.706. The Morgan fingerprint density at radius 3 is 2.59 bits per heavy atom. The highest BCUT2D eigenvalue weighted by Crippen LogP contribution is 2.36. The van der Waals surface area contributed by atoms with Gasteiger partial charge in [0, 0.05) is 37.4 Å². The van der Waals surface area contributed by atoms with Crippen molar-refractivity contribution in [2.45, 2.75) is 25.7 Å². The molecule has 1 aromatic heterocycles. The lowest BCUT2D eigenvalue weighted by Crippen LogP contribution is -2.38. The number of hydrogen-bond acceptors (Lipinski definition) is 5. The second kappa shape index (κ2) is 8.98. The molecule has 1 saturated heterocycles. The van der Waals surface area contributed by atoms with Crippen LogP contribution in [0, 0.1) is 0 Å². The van der Waals surface area contributed by atoms with Crippen LogP contribution in [0.25, 0.3) is 10.9 Å². The summed E-state index contributed by atoms with van der Waals surface area (Å²) in [4.78, 5) is 28.3. The molecule has 7 nitrogen and oxygen atoms in total. The lowest BCUT2D eigenvalue weighted by Gasteiger charge is -2.30. The minimum Gasteiger partial charge on any atom is -0.429 e. The minimum absolute atomic E-state index is 0.0674. The Morgan fingerprint density at radius 1 is 1.12 bits per heavy atom. The molecule has 0 atom stereocenters. The highest BCUT2D eigenvalue weighted by molar-refractivity contribution is 6.30. The van der Waals surface area contributed by atoms with Gasteiger partial charge < -0.3 is 19.4 Å². The Kier molecular flexibility index (Phi) is 6.01. The van der Waals surface area contributed by atoms with Crippen molar-refractivity contribution >= 4 is 28.4 Å². The maximum Gasteiger partial charge on any atom is 0.416 e. The van der Waals surface area contributed by atoms with Crippen molar-refractivity contribution in [2.75, 3.05) is 26.3 Å². The number of rotatable bonds is 5. The number of nitrogens with one attached hydrogen (secondary N) is 1. The van der Waals surface area contributed by atoms with Crippen LogP contribution in [0.2, 0.25) is 5.02 Å². The molecule has 0 bridgehead atoms. The zero-order valence-electron chi connectivity index (χ0n) is 18.2. The van der Waals surface area contributed by atoms with Crippen molar-refractivity contribution in [3.63, 3.8) is 0 Å². The van der Waals surface area contributed by atoms with Gasteiger partial charge in [0.05, 0.1) is 24.1 Å². The zero-order chi connectivity index (χ0) is 23.9. The highest BCUT2D eigenvalue weighted by Gasteiger charge is 2.38. The van der Waals surface area contributed by atoms with Crippen LogP contribution in [-0.4, -0.2) is 47.8 Å². The number of hydrogen-bond donors (Lipinski definition) is 1. The second-order valence-corrected chi connectivity index (χ2v) is 8.86. The van der Waals surface area contributed by atoms with Gasteiger partial charge in [-0.05, 0) is 35.4 Å². The Bertz CT molecular complexity index is 1300. The molecule has 1 amide bonds. The van der Waals surface area contributed by atoms with Gasteiger partial charge in [-0.15, -0.1) is 0 Å². The number of amides is 1. The number of benzene rings is 2. The zero-order valence-corrected chi connectivity index (χ0v) is 18.9. The predicted molar refractivity (Wildman–Crippen MR) is 123 cm³/mol. The summed E-state index contributed by atoms with van der Waals surface area (Å²) in [7, 11) is 0. The number of aromatic nitrogens is 1. The third-order valence-corrected chi connectivity index (χ3v) is 6.18. The average Bonchev–Trinajstić information content (AvgIpc) is 2.80. The summed E-state index contributed by atoms with van der Waals surface area (Å²) in [6.45, 7) is 2.38. The molecule has 2 aliphatic rings. The van der Waals surface area contributed by atoms with Gasteiger partial charge in [0.1, 0.15) is 12.1 Å². The van der Waals surface area contributed by atoms with Crippen molar-refractivity contribution in [3.05, 3.63) is 74.5 Å². The summed E-state index contributed by atoms with van der Waals surface area (Å²) < 4.78 is 40.3. The van der Waals surface area contributed by atoms with Gasteiger partial charge >= 0.3 is 6.11 Å². The first-order valence-corrected chi connectivity index (χ1v) is 11.3. The fourth-order valence-corrected chi connectivity index (χ4v) is 4.43. The summed E-state index contributed by atoms with van der Waals surface area (Å²) in [5, 5.41) is 3.43. The van der Waals surface area contributed by atoms with Crippen LogP contribution in [-0.2, 0) is 24.4 Å². The Hall–Kier alpha value is -3.01. The summed E-state index contributed by atoms with van der Waals surface area (Å²) >= 11 is 5.88. The van der Waals surface area contributed by atoms with E-state index in [9.17, 15) is 18.4 Å². The topological polar surface area (TPSA) is 72.8 Å². The van der Waals surface area contributed by atoms with Crippen LogP contribution in [0.4, 0.5) is 8.78 Å². The number of pyridine rings is 1. The Labute approximate surface area is 198 Å². The van der Waals surface area contributed by atoms with E-state index in [1.807, 2.05) is 0 Å². The predicted octanol–water partition coefficient (Wildman–Crippen LogP) is 3.40. The number of carbonyl (C=O) groups is 1. The molecule has 0 aliphatic carbocycles. The molecule has 0 unspecified atom stereocenters. The molecule has 178 valence electrons. The molecule has 0 radical (unpaired) electrons. The van der Waals surface area contributed by atoms with Gasteiger partial charge in [0.2, 0.25) is 5.43 Å². The molecule has 5 rings (SSSR count). The van der Waals surface area contributed by atoms with E-state index in [1.54, 1.807) is 36.4 Å². The Balaban J connectivity index is 1.51. The molecule has 3 heterocycles. The van der Waals surface area contributed by atoms with Crippen LogP contribution >= 0.6 is 11.6 Å². The first-order valence-electron chi connectivity index (χ1n) is 10.9. The largest absolute Gasteiger partial charge is 0.429 e. The fourth-order valence-electron chi connectivity index (χ4n) is 4.30. The molecule has 2 aliphatic heterocycles. The second-order valence-electron chi connectivity index (χ2n) is 8.43. The molecule has 0 spiro atoms. The molecular weight excluding hydrogens is 468 g/mol. The summed E-state index contributed by atoms with van der Waals surface area (Å²) in [6, 6.07) is 10.1. The molecule has 1 fully saturated rings. The first-order chi connectivity index (χ1) is 16.3. The van der Waals surface area contributed by atoms with Crippen molar-refractivity contribution in [1.82, 2.24) is 14.8 Å². The number of carbonyl (C=O) groups excluding carboxylic acids is 1. The number of alkyl halides is 2. The van der Waals surface area contributed by atoms with E-state index in [-0.39, 0.29) is 28.8 Å². The summed E-state index contributed by atoms with van der Waals surface area (Å²) in [5.41, 5.74) is 0.975. The number of nitrogens with zero attached hydrogens (tertiary/aromatic N) is 2. The van der Waals surface area contributed by atoms with E-state index < -0.39 is 24.0 Å². The third kappa shape index (κ3) is 4.64. The van der Waals surface area contributed by atoms with E-state index in [0.29, 0.717) is 43.4 Å². The maximum atomic E-state index is 14.4. The highest BCUT2D eigenvalue weighted by atomic mass is 35.5. The van der Waals surface area contributed by atoms with E-state index in [0.717, 1.165) is 5.56 Å². The van der Waals surface area contributed by atoms with E-state index >= 15 is 0 Å². The van der Waals surface area contributed by atoms with Gasteiger partial charge in [-0.25, -0.2) is 0 Å². The van der Waals surface area contributed by atoms with Crippen molar-refractivity contribution in [1.29, 1.82) is 0 Å². The fraction of sp³-hybridized carbons (Fsp3) is 0.333.